The van der Waals surface area contributed by atoms with Gasteiger partial charge in [-0.25, -0.2) is 12.7 Å². The van der Waals surface area contributed by atoms with E-state index in [0.717, 1.165) is 37.2 Å². The second-order valence-electron chi connectivity index (χ2n) is 6.06. The maximum absolute atomic E-state index is 11.8. The maximum atomic E-state index is 11.8. The second kappa shape index (κ2) is 6.86. The highest BCUT2D eigenvalue weighted by molar-refractivity contribution is 7.89. The van der Waals surface area contributed by atoms with E-state index in [-0.39, 0.29) is 11.8 Å². The third-order valence-electron chi connectivity index (χ3n) is 4.30. The predicted octanol–water partition coefficient (Wildman–Crippen LogP) is 1.80. The first-order valence-corrected chi connectivity index (χ1v) is 9.56. The van der Waals surface area contributed by atoms with Crippen molar-refractivity contribution in [2.45, 2.75) is 32.2 Å². The van der Waals surface area contributed by atoms with Crippen LogP contribution in [0.4, 0.5) is 0 Å². The van der Waals surface area contributed by atoms with Crippen molar-refractivity contribution in [2.24, 2.45) is 7.05 Å². The molecular weight excluding hydrogens is 324 g/mol. The van der Waals surface area contributed by atoms with Crippen LogP contribution in [0.2, 0.25) is 5.15 Å². The lowest BCUT2D eigenvalue weighted by Crippen LogP contribution is -2.29. The lowest BCUT2D eigenvalue weighted by molar-refractivity contribution is 0.257. The maximum Gasteiger partial charge on any atom is 0.213 e. The van der Waals surface area contributed by atoms with Crippen molar-refractivity contribution < 1.29 is 8.42 Å². The SMILES string of the molecule is Cc1nn(C)c(Cl)c1C1CCCN1CCCS(=O)(=O)N(C)C. The average molecular weight is 349 g/mol. The first kappa shape index (κ1) is 17.7. The highest BCUT2D eigenvalue weighted by Gasteiger charge is 2.31. The molecule has 0 bridgehead atoms. The number of aryl methyl sites for hydroxylation is 2. The van der Waals surface area contributed by atoms with Gasteiger partial charge in [-0.2, -0.15) is 5.10 Å². The van der Waals surface area contributed by atoms with Gasteiger partial charge < -0.3 is 0 Å². The Balaban J connectivity index is 2.03. The number of likely N-dealkylation sites (tertiary alicyclic amines) is 1. The summed E-state index contributed by atoms with van der Waals surface area (Å²) in [5.74, 6) is 0.184. The molecule has 1 unspecified atom stereocenters. The summed E-state index contributed by atoms with van der Waals surface area (Å²) in [5.41, 5.74) is 2.06. The number of hydrogen-bond acceptors (Lipinski definition) is 4. The number of nitrogens with zero attached hydrogens (tertiary/aromatic N) is 4. The Labute approximate surface area is 138 Å². The first-order chi connectivity index (χ1) is 10.2. The summed E-state index contributed by atoms with van der Waals surface area (Å²) in [4.78, 5) is 2.33. The van der Waals surface area contributed by atoms with E-state index >= 15 is 0 Å². The van der Waals surface area contributed by atoms with E-state index < -0.39 is 10.0 Å². The highest BCUT2D eigenvalue weighted by atomic mass is 35.5. The van der Waals surface area contributed by atoms with E-state index in [1.54, 1.807) is 18.8 Å². The molecule has 0 aliphatic carbocycles. The molecule has 126 valence electrons. The van der Waals surface area contributed by atoms with Crippen LogP contribution in [-0.4, -0.2) is 60.3 Å². The Morgan fingerprint density at radius 3 is 2.64 bits per heavy atom. The third kappa shape index (κ3) is 3.64. The molecule has 1 atom stereocenters. The standard InChI is InChI=1S/C14H25ClN4O2S/c1-11-13(14(15)18(4)16-11)12-7-5-8-19(12)9-6-10-22(20,21)17(2)3/h12H,5-10H2,1-4H3. The predicted molar refractivity (Wildman–Crippen MR) is 88.6 cm³/mol. The normalized spacial score (nSPS) is 20.2. The van der Waals surface area contributed by atoms with Gasteiger partial charge in [-0.15, -0.1) is 0 Å². The lowest BCUT2D eigenvalue weighted by Gasteiger charge is -2.25. The Hall–Kier alpha value is -0.630. The van der Waals surface area contributed by atoms with Gasteiger partial charge in [0, 0.05) is 32.7 Å². The molecule has 0 saturated carbocycles. The van der Waals surface area contributed by atoms with E-state index in [1.165, 1.54) is 4.31 Å². The molecule has 2 heterocycles. The summed E-state index contributed by atoms with van der Waals surface area (Å²) in [5, 5.41) is 5.08. The molecule has 1 aromatic heterocycles. The minimum Gasteiger partial charge on any atom is -0.296 e. The summed E-state index contributed by atoms with van der Waals surface area (Å²) in [6.45, 7) is 3.73. The van der Waals surface area contributed by atoms with Crippen LogP contribution < -0.4 is 0 Å². The number of aromatic nitrogens is 2. The van der Waals surface area contributed by atoms with E-state index in [4.69, 9.17) is 11.6 Å². The largest absolute Gasteiger partial charge is 0.296 e. The molecule has 0 amide bonds. The summed E-state index contributed by atoms with van der Waals surface area (Å²) >= 11 is 6.38. The molecule has 6 nitrogen and oxygen atoms in total. The van der Waals surface area contributed by atoms with E-state index in [0.29, 0.717) is 11.6 Å². The fourth-order valence-corrected chi connectivity index (χ4v) is 4.24. The zero-order chi connectivity index (χ0) is 16.5. The van der Waals surface area contributed by atoms with Crippen molar-refractivity contribution in [3.05, 3.63) is 16.4 Å². The molecule has 2 rings (SSSR count). The molecular formula is C14H25ClN4O2S. The molecule has 1 aromatic rings. The van der Waals surface area contributed by atoms with Gasteiger partial charge in [-0.1, -0.05) is 11.6 Å². The topological polar surface area (TPSA) is 58.4 Å². The molecule has 0 N–H and O–H groups in total. The zero-order valence-electron chi connectivity index (χ0n) is 13.7. The summed E-state index contributed by atoms with van der Waals surface area (Å²) in [7, 11) is 1.88. The molecule has 0 radical (unpaired) electrons. The van der Waals surface area contributed by atoms with Crippen molar-refractivity contribution in [3.63, 3.8) is 0 Å². The second-order valence-corrected chi connectivity index (χ2v) is 8.72. The fraction of sp³-hybridized carbons (Fsp3) is 0.786. The van der Waals surface area contributed by atoms with Crippen LogP contribution in [0.5, 0.6) is 0 Å². The molecule has 0 aromatic carbocycles. The summed E-state index contributed by atoms with van der Waals surface area (Å²) < 4.78 is 26.7. The molecule has 22 heavy (non-hydrogen) atoms. The molecule has 1 aliphatic heterocycles. The van der Waals surface area contributed by atoms with Crippen LogP contribution in [0.25, 0.3) is 0 Å². The lowest BCUT2D eigenvalue weighted by atomic mass is 10.1. The van der Waals surface area contributed by atoms with Crippen molar-refractivity contribution in [3.8, 4) is 0 Å². The van der Waals surface area contributed by atoms with Crippen molar-refractivity contribution in [1.29, 1.82) is 0 Å². The van der Waals surface area contributed by atoms with Crippen LogP contribution in [0, 0.1) is 6.92 Å². The van der Waals surface area contributed by atoms with Gasteiger partial charge in [0.15, 0.2) is 0 Å². The van der Waals surface area contributed by atoms with Gasteiger partial charge >= 0.3 is 0 Å². The number of hydrogen-bond donors (Lipinski definition) is 0. The highest BCUT2D eigenvalue weighted by Crippen LogP contribution is 2.37. The van der Waals surface area contributed by atoms with Gasteiger partial charge in [0.25, 0.3) is 0 Å². The molecule has 1 saturated heterocycles. The smallest absolute Gasteiger partial charge is 0.213 e. The molecule has 1 fully saturated rings. The van der Waals surface area contributed by atoms with E-state index in [2.05, 4.69) is 10.00 Å². The van der Waals surface area contributed by atoms with Crippen LogP contribution in [0.1, 0.15) is 36.6 Å². The fourth-order valence-electron chi connectivity index (χ4n) is 3.08. The van der Waals surface area contributed by atoms with Gasteiger partial charge in [-0.3, -0.25) is 9.58 Å². The molecule has 1 aliphatic rings. The summed E-state index contributed by atoms with van der Waals surface area (Å²) in [6, 6.07) is 0.253. The van der Waals surface area contributed by atoms with Crippen LogP contribution in [-0.2, 0) is 17.1 Å². The monoisotopic (exact) mass is 348 g/mol. The van der Waals surface area contributed by atoms with Crippen LogP contribution >= 0.6 is 11.6 Å². The molecule has 8 heteroatoms. The van der Waals surface area contributed by atoms with Crippen LogP contribution in [0.15, 0.2) is 0 Å². The Kier molecular flexibility index (Phi) is 5.53. The average Bonchev–Trinajstić information content (AvgIpc) is 2.95. The van der Waals surface area contributed by atoms with Crippen LogP contribution in [0.3, 0.4) is 0 Å². The van der Waals surface area contributed by atoms with Gasteiger partial charge in [0.1, 0.15) is 5.15 Å². The van der Waals surface area contributed by atoms with Crippen molar-refractivity contribution in [1.82, 2.24) is 19.0 Å². The third-order valence-corrected chi connectivity index (χ3v) is 6.66. The van der Waals surface area contributed by atoms with Gasteiger partial charge in [-0.05, 0) is 39.3 Å². The Morgan fingerprint density at radius 1 is 1.41 bits per heavy atom. The number of halogens is 1. The summed E-state index contributed by atoms with van der Waals surface area (Å²) in [6.07, 6.45) is 2.79. The minimum absolute atomic E-state index is 0.184. The quantitative estimate of drug-likeness (QED) is 0.786. The Bertz CT molecular complexity index is 627. The minimum atomic E-state index is -3.12. The first-order valence-electron chi connectivity index (χ1n) is 7.57. The van der Waals surface area contributed by atoms with Crippen molar-refractivity contribution in [2.75, 3.05) is 32.9 Å². The zero-order valence-corrected chi connectivity index (χ0v) is 15.3. The van der Waals surface area contributed by atoms with Gasteiger partial charge in [0.05, 0.1) is 11.4 Å². The van der Waals surface area contributed by atoms with E-state index in [9.17, 15) is 8.42 Å². The van der Waals surface area contributed by atoms with Gasteiger partial charge in [0.2, 0.25) is 10.0 Å². The number of rotatable bonds is 6. The molecule has 0 spiro atoms. The number of sulfonamides is 1. The Morgan fingerprint density at radius 2 is 2.09 bits per heavy atom. The van der Waals surface area contributed by atoms with E-state index in [1.807, 2.05) is 14.0 Å². The van der Waals surface area contributed by atoms with Crippen molar-refractivity contribution >= 4 is 21.6 Å².